The highest BCUT2D eigenvalue weighted by atomic mass is 127. The summed E-state index contributed by atoms with van der Waals surface area (Å²) in [6, 6.07) is 2.09. The lowest BCUT2D eigenvalue weighted by molar-refractivity contribution is 0.254. The molecule has 2 heterocycles. The maximum Gasteiger partial charge on any atom is 0.121 e. The van der Waals surface area contributed by atoms with Gasteiger partial charge in [-0.3, -0.25) is 0 Å². The molecule has 2 rings (SSSR count). The van der Waals surface area contributed by atoms with E-state index in [1.165, 1.54) is 11.3 Å². The van der Waals surface area contributed by atoms with Crippen LogP contribution in [0.25, 0.3) is 0 Å². The molecule has 0 bridgehead atoms. The lowest BCUT2D eigenvalue weighted by Crippen LogP contribution is -2.34. The van der Waals surface area contributed by atoms with Crippen LogP contribution < -0.4 is 0 Å². The quantitative estimate of drug-likeness (QED) is 0.327. The van der Waals surface area contributed by atoms with Gasteiger partial charge >= 0.3 is 0 Å². The van der Waals surface area contributed by atoms with Crippen LogP contribution in [0.5, 0.6) is 0 Å². The summed E-state index contributed by atoms with van der Waals surface area (Å²) in [5.74, 6) is 0.523. The second-order valence-corrected chi connectivity index (χ2v) is 6.84. The first-order valence-electron chi connectivity index (χ1n) is 5.15. The van der Waals surface area contributed by atoms with Crippen molar-refractivity contribution in [3.8, 4) is 0 Å². The van der Waals surface area contributed by atoms with Gasteiger partial charge in [-0.25, -0.2) is 3.11 Å². The van der Waals surface area contributed by atoms with Gasteiger partial charge in [-0.1, -0.05) is 32.4 Å². The Balaban J connectivity index is 2.43. The first-order valence-corrected chi connectivity index (χ1v) is 6.55. The predicted octanol–water partition coefficient (Wildman–Crippen LogP) is 4.05. The van der Waals surface area contributed by atoms with Gasteiger partial charge in [0.15, 0.2) is 0 Å². The predicted molar refractivity (Wildman–Crippen MR) is 72.3 cm³/mol. The lowest BCUT2D eigenvalue weighted by atomic mass is 9.76. The van der Waals surface area contributed by atoms with Crippen molar-refractivity contribution in [3.63, 3.8) is 0 Å². The van der Waals surface area contributed by atoms with Gasteiger partial charge in [-0.05, 0) is 11.5 Å². The highest BCUT2D eigenvalue weighted by Crippen LogP contribution is 2.46. The van der Waals surface area contributed by atoms with E-state index in [1.54, 1.807) is 0 Å². The first-order chi connectivity index (χ1) is 6.91. The fraction of sp³-hybridized carbons (Fsp3) is 0.636. The molecule has 0 aromatic carbocycles. The minimum atomic E-state index is 0.00505. The summed E-state index contributed by atoms with van der Waals surface area (Å²) in [6.07, 6.45) is 1.99. The zero-order valence-corrected chi connectivity index (χ0v) is 12.1. The van der Waals surface area contributed by atoms with E-state index in [9.17, 15) is 0 Å². The Kier molecular flexibility index (Phi) is 3.07. The normalized spacial score (nSPS) is 27.8. The van der Waals surface area contributed by atoms with Crippen molar-refractivity contribution in [1.82, 2.24) is 8.10 Å². The highest BCUT2D eigenvalue weighted by molar-refractivity contribution is 14.1. The van der Waals surface area contributed by atoms with Gasteiger partial charge in [0.1, 0.15) is 5.50 Å². The van der Waals surface area contributed by atoms with Crippen LogP contribution >= 0.6 is 34.5 Å². The third-order valence-corrected chi connectivity index (χ3v) is 4.82. The van der Waals surface area contributed by atoms with Gasteiger partial charge in [-0.2, -0.15) is 0 Å². The molecule has 0 saturated heterocycles. The number of alkyl halides is 1. The monoisotopic (exact) mass is 338 g/mol. The van der Waals surface area contributed by atoms with Crippen molar-refractivity contribution >= 4 is 34.5 Å². The van der Waals surface area contributed by atoms with Crippen LogP contribution in [0.2, 0.25) is 0 Å². The summed E-state index contributed by atoms with van der Waals surface area (Å²) in [6.45, 7) is 7.84. The van der Waals surface area contributed by atoms with Crippen molar-refractivity contribution in [2.24, 2.45) is 5.41 Å². The van der Waals surface area contributed by atoms with E-state index in [0.29, 0.717) is 5.92 Å². The second kappa shape index (κ2) is 3.93. The number of hydrogen-bond donors (Lipinski definition) is 1. The van der Waals surface area contributed by atoms with Crippen LogP contribution in [-0.4, -0.2) is 14.6 Å². The molecular formula is C11H16ClIN2. The number of aromatic amines is 1. The number of aromatic nitrogens is 1. The molecule has 2 unspecified atom stereocenters. The van der Waals surface area contributed by atoms with Crippen LogP contribution in [0.15, 0.2) is 12.3 Å². The maximum atomic E-state index is 6.35. The van der Waals surface area contributed by atoms with Crippen LogP contribution in [0.1, 0.15) is 43.4 Å². The fourth-order valence-electron chi connectivity index (χ4n) is 2.12. The van der Waals surface area contributed by atoms with Crippen molar-refractivity contribution < 1.29 is 0 Å². The molecule has 1 aliphatic heterocycles. The van der Waals surface area contributed by atoms with Gasteiger partial charge in [0.25, 0.3) is 0 Å². The molecule has 1 aromatic heterocycles. The third kappa shape index (κ3) is 2.06. The van der Waals surface area contributed by atoms with Crippen molar-refractivity contribution in [3.05, 3.63) is 23.5 Å². The van der Waals surface area contributed by atoms with E-state index in [4.69, 9.17) is 11.6 Å². The van der Waals surface area contributed by atoms with E-state index < -0.39 is 0 Å². The average Bonchev–Trinajstić information content (AvgIpc) is 2.57. The third-order valence-electron chi connectivity index (χ3n) is 3.07. The zero-order valence-electron chi connectivity index (χ0n) is 9.22. The van der Waals surface area contributed by atoms with E-state index in [-0.39, 0.29) is 10.9 Å². The number of halogens is 2. The molecule has 0 radical (unpaired) electrons. The fourth-order valence-corrected chi connectivity index (χ4v) is 3.08. The van der Waals surface area contributed by atoms with E-state index in [1.807, 2.05) is 6.20 Å². The lowest BCUT2D eigenvalue weighted by Gasteiger charge is -2.39. The molecule has 4 heteroatoms. The molecule has 2 atom stereocenters. The summed E-state index contributed by atoms with van der Waals surface area (Å²) in [7, 11) is 0. The minimum absolute atomic E-state index is 0.00505. The minimum Gasteiger partial charge on any atom is -0.364 e. The van der Waals surface area contributed by atoms with Crippen molar-refractivity contribution in [2.75, 3.05) is 6.54 Å². The molecule has 0 spiro atoms. The Morgan fingerprint density at radius 2 is 2.20 bits per heavy atom. The van der Waals surface area contributed by atoms with Crippen LogP contribution in [0, 0.1) is 5.41 Å². The van der Waals surface area contributed by atoms with Crippen LogP contribution in [0.4, 0.5) is 0 Å². The highest BCUT2D eigenvalue weighted by Gasteiger charge is 2.37. The van der Waals surface area contributed by atoms with Crippen molar-refractivity contribution in [1.29, 1.82) is 0 Å². The summed E-state index contributed by atoms with van der Waals surface area (Å²) in [5, 5.41) is 0. The van der Waals surface area contributed by atoms with E-state index in [2.05, 4.69) is 57.8 Å². The average molecular weight is 339 g/mol. The number of H-pyrrole nitrogens is 1. The molecule has 1 aromatic rings. The molecule has 2 nitrogen and oxygen atoms in total. The van der Waals surface area contributed by atoms with Gasteiger partial charge in [0.2, 0.25) is 0 Å². The van der Waals surface area contributed by atoms with Gasteiger partial charge in [-0.15, -0.1) is 0 Å². The SMILES string of the molecule is CC(C)(C)C1CN(I)C(Cl)c2cc[nH]c21. The molecule has 1 aliphatic rings. The number of rotatable bonds is 0. The molecule has 0 amide bonds. The number of nitrogens with zero attached hydrogens (tertiary/aromatic N) is 1. The van der Waals surface area contributed by atoms with Crippen molar-refractivity contribution in [2.45, 2.75) is 32.2 Å². The Morgan fingerprint density at radius 1 is 1.53 bits per heavy atom. The summed E-state index contributed by atoms with van der Waals surface area (Å²) >= 11 is 8.67. The molecule has 0 aliphatic carbocycles. The standard InChI is InChI=1S/C11H16ClIN2/c1-11(2,3)8-6-15(13)10(12)7-4-5-14-9(7)8/h4-5,8,10,14H,6H2,1-3H3. The van der Waals surface area contributed by atoms with E-state index >= 15 is 0 Å². The molecule has 1 N–H and O–H groups in total. The van der Waals surface area contributed by atoms with Gasteiger partial charge in [0.05, 0.1) is 0 Å². The smallest absolute Gasteiger partial charge is 0.121 e. The van der Waals surface area contributed by atoms with Gasteiger partial charge < -0.3 is 4.98 Å². The number of nitrogens with one attached hydrogen (secondary N) is 1. The molecule has 0 saturated carbocycles. The second-order valence-electron chi connectivity index (χ2n) is 5.18. The van der Waals surface area contributed by atoms with E-state index in [0.717, 1.165) is 6.54 Å². The number of fused-ring (bicyclic) bond motifs is 1. The molecule has 0 fully saturated rings. The van der Waals surface area contributed by atoms with Gasteiger partial charge in [0, 0.05) is 52.8 Å². The molecular weight excluding hydrogens is 322 g/mol. The Hall–Kier alpha value is 0.260. The topological polar surface area (TPSA) is 19.0 Å². The Bertz CT molecular complexity index is 356. The summed E-state index contributed by atoms with van der Waals surface area (Å²) in [5.41, 5.74) is 2.82. The van der Waals surface area contributed by atoms with Crippen LogP contribution in [-0.2, 0) is 0 Å². The van der Waals surface area contributed by atoms with Crippen LogP contribution in [0.3, 0.4) is 0 Å². The Morgan fingerprint density at radius 3 is 2.80 bits per heavy atom. The maximum absolute atomic E-state index is 6.35. The largest absolute Gasteiger partial charge is 0.364 e. The molecule has 15 heavy (non-hydrogen) atoms. The summed E-state index contributed by atoms with van der Waals surface area (Å²) in [4.78, 5) is 3.35. The first kappa shape index (κ1) is 11.7. The summed E-state index contributed by atoms with van der Waals surface area (Å²) < 4.78 is 2.19. The number of hydrogen-bond acceptors (Lipinski definition) is 1. The molecule has 84 valence electrons. The Labute approximate surface area is 110 Å². The zero-order chi connectivity index (χ0) is 11.2.